The molecule has 1 amide bonds. The van der Waals surface area contributed by atoms with Gasteiger partial charge in [-0.3, -0.25) is 4.79 Å². The SMILES string of the molecule is O=C[N]Oc1ccccc1. The van der Waals surface area contributed by atoms with Crippen molar-refractivity contribution in [2.75, 3.05) is 0 Å². The molecule has 51 valence electrons. The average Bonchev–Trinajstić information content (AvgIpc) is 2.03. The van der Waals surface area contributed by atoms with E-state index in [2.05, 4.69) is 10.3 Å². The first-order chi connectivity index (χ1) is 4.93. The summed E-state index contributed by atoms with van der Waals surface area (Å²) in [5, 5.41) is 0. The molecule has 0 fully saturated rings. The highest BCUT2D eigenvalue weighted by atomic mass is 16.6. The summed E-state index contributed by atoms with van der Waals surface area (Å²) in [6, 6.07) is 8.89. The summed E-state index contributed by atoms with van der Waals surface area (Å²) in [4.78, 5) is 14.3. The lowest BCUT2D eigenvalue weighted by atomic mass is 10.3. The van der Waals surface area contributed by atoms with Crippen molar-refractivity contribution in [3.05, 3.63) is 30.3 Å². The minimum Gasteiger partial charge on any atom is -0.354 e. The van der Waals surface area contributed by atoms with Crippen LogP contribution in [0.4, 0.5) is 0 Å². The molecule has 0 saturated heterocycles. The zero-order valence-corrected chi connectivity index (χ0v) is 5.23. The van der Waals surface area contributed by atoms with Gasteiger partial charge in [0.25, 0.3) is 6.41 Å². The summed E-state index contributed by atoms with van der Waals surface area (Å²) in [5.41, 5.74) is 3.06. The largest absolute Gasteiger partial charge is 0.354 e. The third kappa shape index (κ3) is 1.78. The Balaban J connectivity index is 2.50. The highest BCUT2D eigenvalue weighted by molar-refractivity contribution is 5.44. The van der Waals surface area contributed by atoms with Crippen LogP contribution in [0.3, 0.4) is 0 Å². The molecule has 1 radical (unpaired) electrons. The zero-order valence-electron chi connectivity index (χ0n) is 5.23. The molecule has 0 aliphatic heterocycles. The lowest BCUT2D eigenvalue weighted by Crippen LogP contribution is -2.05. The second-order valence-electron chi connectivity index (χ2n) is 1.62. The monoisotopic (exact) mass is 136 g/mol. The van der Waals surface area contributed by atoms with E-state index in [-0.39, 0.29) is 0 Å². The Morgan fingerprint density at radius 3 is 2.60 bits per heavy atom. The van der Waals surface area contributed by atoms with Crippen LogP contribution in [0.1, 0.15) is 0 Å². The van der Waals surface area contributed by atoms with Crippen LogP contribution in [0.25, 0.3) is 0 Å². The third-order valence-corrected chi connectivity index (χ3v) is 0.944. The fourth-order valence-corrected chi connectivity index (χ4v) is 0.564. The molecule has 0 atom stereocenters. The first-order valence-corrected chi connectivity index (χ1v) is 2.79. The van der Waals surface area contributed by atoms with Gasteiger partial charge < -0.3 is 4.84 Å². The van der Waals surface area contributed by atoms with E-state index in [1.807, 2.05) is 6.07 Å². The fourth-order valence-electron chi connectivity index (χ4n) is 0.564. The molecule has 0 saturated carbocycles. The number of hydrogen-bond acceptors (Lipinski definition) is 2. The fraction of sp³-hybridized carbons (Fsp3) is 0. The maximum absolute atomic E-state index is 9.69. The number of hydroxylamine groups is 1. The van der Waals surface area contributed by atoms with E-state index in [4.69, 9.17) is 0 Å². The van der Waals surface area contributed by atoms with E-state index in [1.54, 1.807) is 24.3 Å². The first-order valence-electron chi connectivity index (χ1n) is 2.79. The molecule has 0 aromatic heterocycles. The lowest BCUT2D eigenvalue weighted by Gasteiger charge is -1.95. The molecule has 0 aliphatic rings. The first kappa shape index (κ1) is 6.61. The van der Waals surface area contributed by atoms with Gasteiger partial charge in [-0.1, -0.05) is 18.2 Å². The molecule has 1 aromatic carbocycles. The summed E-state index contributed by atoms with van der Waals surface area (Å²) >= 11 is 0. The molecular formula is C7H6NO2. The second-order valence-corrected chi connectivity index (χ2v) is 1.62. The van der Waals surface area contributed by atoms with Crippen LogP contribution in [-0.2, 0) is 4.79 Å². The summed E-state index contributed by atoms with van der Waals surface area (Å²) in [6.07, 6.45) is 0.354. The number of amides is 1. The topological polar surface area (TPSA) is 40.4 Å². The number of rotatable bonds is 3. The van der Waals surface area contributed by atoms with Gasteiger partial charge in [0.2, 0.25) is 0 Å². The van der Waals surface area contributed by atoms with E-state index >= 15 is 0 Å². The maximum Gasteiger partial charge on any atom is 0.269 e. The van der Waals surface area contributed by atoms with Gasteiger partial charge in [0, 0.05) is 0 Å². The molecule has 0 N–H and O–H groups in total. The van der Waals surface area contributed by atoms with Crippen LogP contribution in [0.2, 0.25) is 0 Å². The molecule has 0 spiro atoms. The van der Waals surface area contributed by atoms with Gasteiger partial charge in [-0.25, -0.2) is 0 Å². The number of benzene rings is 1. The number of carbonyl (C=O) groups excluding carboxylic acids is 1. The van der Waals surface area contributed by atoms with Crippen LogP contribution >= 0.6 is 0 Å². The molecule has 1 rings (SSSR count). The van der Waals surface area contributed by atoms with E-state index in [9.17, 15) is 4.79 Å². The number of carbonyl (C=O) groups is 1. The van der Waals surface area contributed by atoms with Gasteiger partial charge in [-0.05, 0) is 17.6 Å². The lowest BCUT2D eigenvalue weighted by molar-refractivity contribution is -0.115. The van der Waals surface area contributed by atoms with Gasteiger partial charge in [-0.15, -0.1) is 0 Å². The summed E-state index contributed by atoms with van der Waals surface area (Å²) < 4.78 is 0. The summed E-state index contributed by atoms with van der Waals surface area (Å²) in [6.45, 7) is 0. The summed E-state index contributed by atoms with van der Waals surface area (Å²) in [5.74, 6) is 0.564. The predicted molar refractivity (Wildman–Crippen MR) is 35.3 cm³/mol. The molecule has 0 bridgehead atoms. The van der Waals surface area contributed by atoms with Crippen LogP contribution < -0.4 is 10.3 Å². The molecule has 3 heteroatoms. The summed E-state index contributed by atoms with van der Waals surface area (Å²) in [7, 11) is 0. The van der Waals surface area contributed by atoms with E-state index in [0.29, 0.717) is 12.2 Å². The second kappa shape index (κ2) is 3.50. The van der Waals surface area contributed by atoms with Gasteiger partial charge >= 0.3 is 0 Å². The van der Waals surface area contributed by atoms with Crippen LogP contribution in [0.15, 0.2) is 30.3 Å². The molecule has 10 heavy (non-hydrogen) atoms. The van der Waals surface area contributed by atoms with Crippen molar-refractivity contribution in [1.29, 1.82) is 0 Å². The maximum atomic E-state index is 9.69. The van der Waals surface area contributed by atoms with Crippen molar-refractivity contribution in [3.63, 3.8) is 0 Å². The standard InChI is InChI=1S/C7H6NO2/c9-6-8-10-7-4-2-1-3-5-7/h1-6H. The van der Waals surface area contributed by atoms with Crippen LogP contribution in [0.5, 0.6) is 5.75 Å². The van der Waals surface area contributed by atoms with Crippen molar-refractivity contribution in [1.82, 2.24) is 5.48 Å². The van der Waals surface area contributed by atoms with E-state index < -0.39 is 0 Å². The Labute approximate surface area is 58.6 Å². The van der Waals surface area contributed by atoms with E-state index in [0.717, 1.165) is 0 Å². The van der Waals surface area contributed by atoms with Crippen molar-refractivity contribution in [3.8, 4) is 5.75 Å². The zero-order chi connectivity index (χ0) is 7.23. The Morgan fingerprint density at radius 2 is 2.00 bits per heavy atom. The van der Waals surface area contributed by atoms with Crippen molar-refractivity contribution in [2.24, 2.45) is 0 Å². The molecule has 1 aromatic rings. The Hall–Kier alpha value is -1.51. The smallest absolute Gasteiger partial charge is 0.269 e. The van der Waals surface area contributed by atoms with Gasteiger partial charge in [0.05, 0.1) is 0 Å². The Kier molecular flexibility index (Phi) is 2.31. The number of nitrogens with zero attached hydrogens (tertiary/aromatic N) is 1. The predicted octanol–water partition coefficient (Wildman–Crippen LogP) is 0.741. The van der Waals surface area contributed by atoms with Gasteiger partial charge in [0.1, 0.15) is 0 Å². The Morgan fingerprint density at radius 1 is 1.30 bits per heavy atom. The van der Waals surface area contributed by atoms with Crippen LogP contribution in [-0.4, -0.2) is 6.41 Å². The Bertz CT molecular complexity index is 198. The molecule has 0 unspecified atom stereocenters. The average molecular weight is 136 g/mol. The van der Waals surface area contributed by atoms with Gasteiger partial charge in [0.15, 0.2) is 5.75 Å². The van der Waals surface area contributed by atoms with Crippen molar-refractivity contribution < 1.29 is 9.63 Å². The van der Waals surface area contributed by atoms with Crippen LogP contribution in [0, 0.1) is 0 Å². The number of hydrogen-bond donors (Lipinski definition) is 0. The normalized spacial score (nSPS) is 8.40. The molecule has 3 nitrogen and oxygen atoms in total. The number of para-hydroxylation sites is 1. The quantitative estimate of drug-likeness (QED) is 0.454. The highest BCUT2D eigenvalue weighted by Crippen LogP contribution is 2.05. The molecule has 0 heterocycles. The molecular weight excluding hydrogens is 130 g/mol. The van der Waals surface area contributed by atoms with E-state index in [1.165, 1.54) is 0 Å². The minimum absolute atomic E-state index is 0.354. The molecule has 0 aliphatic carbocycles. The minimum atomic E-state index is 0.354. The highest BCUT2D eigenvalue weighted by Gasteiger charge is 1.88. The van der Waals surface area contributed by atoms with Crippen molar-refractivity contribution >= 4 is 6.41 Å². The third-order valence-electron chi connectivity index (χ3n) is 0.944. The van der Waals surface area contributed by atoms with Crippen molar-refractivity contribution in [2.45, 2.75) is 0 Å². The van der Waals surface area contributed by atoms with Gasteiger partial charge in [-0.2, -0.15) is 0 Å².